The van der Waals surface area contributed by atoms with Crippen LogP contribution in [0, 0.1) is 0 Å². The molecule has 0 aliphatic carbocycles. The van der Waals surface area contributed by atoms with Gasteiger partial charge in [0.25, 0.3) is 0 Å². The van der Waals surface area contributed by atoms with E-state index in [1.807, 2.05) is 36.4 Å². The first kappa shape index (κ1) is 16.3. The van der Waals surface area contributed by atoms with Crippen molar-refractivity contribution in [1.82, 2.24) is 9.55 Å². The number of aliphatic hydroxyl groups is 2. The van der Waals surface area contributed by atoms with E-state index in [0.717, 1.165) is 16.2 Å². The third kappa shape index (κ3) is 3.87. The van der Waals surface area contributed by atoms with Crippen LogP contribution in [0.5, 0.6) is 0 Å². The second-order valence-corrected chi connectivity index (χ2v) is 6.67. The lowest BCUT2D eigenvalue weighted by atomic mass is 10.2. The predicted octanol–water partition coefficient (Wildman–Crippen LogP) is 3.18. The van der Waals surface area contributed by atoms with Gasteiger partial charge >= 0.3 is 0 Å². The molecule has 4 nitrogen and oxygen atoms in total. The fourth-order valence-electron chi connectivity index (χ4n) is 2.33. The van der Waals surface area contributed by atoms with Crippen molar-refractivity contribution in [2.45, 2.75) is 17.8 Å². The summed E-state index contributed by atoms with van der Waals surface area (Å²) in [6.45, 7) is 0.439. The van der Waals surface area contributed by atoms with E-state index in [1.165, 1.54) is 17.3 Å². The summed E-state index contributed by atoms with van der Waals surface area (Å²) in [7, 11) is 0. The van der Waals surface area contributed by atoms with Crippen LogP contribution in [0.3, 0.4) is 0 Å². The summed E-state index contributed by atoms with van der Waals surface area (Å²) < 4.78 is 2.11. The standard InChI is InChI=1S/C17H17ClN2O2S/c18-13-6-7-16-15(8-13)19-17(23-11-14(22)10-21)20(16)9-12-4-2-1-3-5-12/h1-8,14,21-22H,9-11H2. The SMILES string of the molecule is OCC(O)CSc1nc2cc(Cl)ccc2n1Cc1ccccc1. The summed E-state index contributed by atoms with van der Waals surface area (Å²) in [5, 5.41) is 20.0. The van der Waals surface area contributed by atoms with E-state index >= 15 is 0 Å². The second kappa shape index (κ2) is 7.36. The van der Waals surface area contributed by atoms with Crippen LogP contribution in [-0.4, -0.2) is 38.2 Å². The first-order valence-electron chi connectivity index (χ1n) is 7.29. The highest BCUT2D eigenvalue weighted by Gasteiger charge is 2.14. The van der Waals surface area contributed by atoms with Crippen molar-refractivity contribution < 1.29 is 10.2 Å². The second-order valence-electron chi connectivity index (χ2n) is 5.25. The van der Waals surface area contributed by atoms with E-state index in [0.29, 0.717) is 17.3 Å². The highest BCUT2D eigenvalue weighted by molar-refractivity contribution is 7.99. The largest absolute Gasteiger partial charge is 0.394 e. The zero-order valence-corrected chi connectivity index (χ0v) is 14.0. The Morgan fingerprint density at radius 1 is 1.17 bits per heavy atom. The number of hydrogen-bond donors (Lipinski definition) is 2. The van der Waals surface area contributed by atoms with Crippen molar-refractivity contribution in [3.8, 4) is 0 Å². The van der Waals surface area contributed by atoms with E-state index in [1.54, 1.807) is 0 Å². The van der Waals surface area contributed by atoms with Gasteiger partial charge in [-0.25, -0.2) is 4.98 Å². The molecule has 0 aliphatic rings. The number of halogens is 1. The maximum atomic E-state index is 9.59. The topological polar surface area (TPSA) is 58.3 Å². The van der Waals surface area contributed by atoms with Gasteiger partial charge in [0.05, 0.1) is 30.3 Å². The van der Waals surface area contributed by atoms with Crippen LogP contribution in [0.1, 0.15) is 5.56 Å². The van der Waals surface area contributed by atoms with Crippen LogP contribution < -0.4 is 0 Å². The Hall–Kier alpha value is -1.53. The van der Waals surface area contributed by atoms with Crippen LogP contribution in [0.2, 0.25) is 5.02 Å². The minimum absolute atomic E-state index is 0.252. The van der Waals surface area contributed by atoms with Crippen LogP contribution in [-0.2, 0) is 6.54 Å². The van der Waals surface area contributed by atoms with Crippen molar-refractivity contribution in [3.63, 3.8) is 0 Å². The van der Waals surface area contributed by atoms with Crippen LogP contribution >= 0.6 is 23.4 Å². The van der Waals surface area contributed by atoms with E-state index in [2.05, 4.69) is 21.7 Å². The smallest absolute Gasteiger partial charge is 0.169 e. The summed E-state index contributed by atoms with van der Waals surface area (Å²) in [6, 6.07) is 15.8. The molecule has 120 valence electrons. The lowest BCUT2D eigenvalue weighted by molar-refractivity contribution is 0.113. The molecule has 6 heteroatoms. The first-order chi connectivity index (χ1) is 11.2. The van der Waals surface area contributed by atoms with Crippen LogP contribution in [0.25, 0.3) is 11.0 Å². The van der Waals surface area contributed by atoms with E-state index in [9.17, 15) is 5.11 Å². The Kier molecular flexibility index (Phi) is 5.23. The fourth-order valence-corrected chi connectivity index (χ4v) is 3.43. The van der Waals surface area contributed by atoms with Gasteiger partial charge in [0, 0.05) is 10.8 Å². The van der Waals surface area contributed by atoms with Gasteiger partial charge in [0.2, 0.25) is 0 Å². The third-order valence-corrected chi connectivity index (χ3v) is 4.83. The molecule has 1 unspecified atom stereocenters. The molecule has 23 heavy (non-hydrogen) atoms. The molecule has 2 N–H and O–H groups in total. The molecule has 3 aromatic rings. The molecular formula is C17H17ClN2O2S. The molecule has 1 heterocycles. The minimum atomic E-state index is -0.756. The summed E-state index contributed by atoms with van der Waals surface area (Å²) >= 11 is 7.49. The van der Waals surface area contributed by atoms with Crippen molar-refractivity contribution in [1.29, 1.82) is 0 Å². The number of nitrogens with zero attached hydrogens (tertiary/aromatic N) is 2. The van der Waals surface area contributed by atoms with Crippen LogP contribution in [0.15, 0.2) is 53.7 Å². The van der Waals surface area contributed by atoms with Crippen molar-refractivity contribution in [2.24, 2.45) is 0 Å². The van der Waals surface area contributed by atoms with Gasteiger partial charge in [0.1, 0.15) is 0 Å². The Balaban J connectivity index is 1.97. The molecule has 3 rings (SSSR count). The summed E-state index contributed by atoms with van der Waals surface area (Å²) in [4.78, 5) is 4.62. The van der Waals surface area contributed by atoms with Gasteiger partial charge < -0.3 is 14.8 Å². The average Bonchev–Trinajstić information content (AvgIpc) is 2.90. The lowest BCUT2D eigenvalue weighted by Gasteiger charge is -2.10. The molecule has 0 bridgehead atoms. The third-order valence-electron chi connectivity index (χ3n) is 3.47. The van der Waals surface area contributed by atoms with Crippen molar-refractivity contribution in [3.05, 3.63) is 59.1 Å². The molecule has 0 spiro atoms. The van der Waals surface area contributed by atoms with Gasteiger partial charge in [-0.05, 0) is 23.8 Å². The number of aliphatic hydroxyl groups excluding tert-OH is 2. The number of benzene rings is 2. The molecule has 0 radical (unpaired) electrons. The fraction of sp³-hybridized carbons (Fsp3) is 0.235. The van der Waals surface area contributed by atoms with E-state index in [4.69, 9.17) is 16.7 Å². The number of thioether (sulfide) groups is 1. The molecular weight excluding hydrogens is 332 g/mol. The number of imidazole rings is 1. The Morgan fingerprint density at radius 3 is 2.70 bits per heavy atom. The molecule has 0 amide bonds. The molecule has 1 atom stereocenters. The summed E-state index contributed by atoms with van der Waals surface area (Å²) in [6.07, 6.45) is -0.756. The van der Waals surface area contributed by atoms with Gasteiger partial charge in [-0.3, -0.25) is 0 Å². The van der Waals surface area contributed by atoms with Gasteiger partial charge in [-0.2, -0.15) is 0 Å². The van der Waals surface area contributed by atoms with E-state index in [-0.39, 0.29) is 6.61 Å². The van der Waals surface area contributed by atoms with Gasteiger partial charge in [-0.15, -0.1) is 0 Å². The molecule has 0 aliphatic heterocycles. The number of fused-ring (bicyclic) bond motifs is 1. The number of hydrogen-bond acceptors (Lipinski definition) is 4. The van der Waals surface area contributed by atoms with Gasteiger partial charge in [0.15, 0.2) is 5.16 Å². The average molecular weight is 349 g/mol. The first-order valence-corrected chi connectivity index (χ1v) is 8.65. The van der Waals surface area contributed by atoms with Gasteiger partial charge in [-0.1, -0.05) is 53.7 Å². The summed E-state index contributed by atoms with van der Waals surface area (Å²) in [5.41, 5.74) is 3.00. The van der Waals surface area contributed by atoms with Crippen LogP contribution in [0.4, 0.5) is 0 Å². The predicted molar refractivity (Wildman–Crippen MR) is 94.1 cm³/mol. The van der Waals surface area contributed by atoms with Crippen molar-refractivity contribution >= 4 is 34.4 Å². The quantitative estimate of drug-likeness (QED) is 0.672. The molecule has 0 saturated carbocycles. The number of rotatable bonds is 6. The lowest BCUT2D eigenvalue weighted by Crippen LogP contribution is -2.15. The highest BCUT2D eigenvalue weighted by atomic mass is 35.5. The Bertz CT molecular complexity index is 792. The van der Waals surface area contributed by atoms with Crippen molar-refractivity contribution in [2.75, 3.05) is 12.4 Å². The maximum absolute atomic E-state index is 9.59. The molecule has 0 saturated heterocycles. The zero-order valence-electron chi connectivity index (χ0n) is 12.4. The Labute approximate surface area is 143 Å². The maximum Gasteiger partial charge on any atom is 0.169 e. The molecule has 0 fully saturated rings. The van der Waals surface area contributed by atoms with E-state index < -0.39 is 6.10 Å². The molecule has 2 aromatic carbocycles. The highest BCUT2D eigenvalue weighted by Crippen LogP contribution is 2.27. The normalized spacial score (nSPS) is 12.7. The molecule has 1 aromatic heterocycles. The summed E-state index contributed by atoms with van der Waals surface area (Å²) in [5.74, 6) is 0.391. The zero-order chi connectivity index (χ0) is 16.2. The Morgan fingerprint density at radius 2 is 1.96 bits per heavy atom. The minimum Gasteiger partial charge on any atom is -0.394 e. The number of aromatic nitrogens is 2. The monoisotopic (exact) mass is 348 g/mol.